The van der Waals surface area contributed by atoms with Crippen molar-refractivity contribution in [1.29, 1.82) is 0 Å². The van der Waals surface area contributed by atoms with Crippen molar-refractivity contribution >= 4 is 12.1 Å². The van der Waals surface area contributed by atoms with Crippen LogP contribution >= 0.6 is 0 Å². The van der Waals surface area contributed by atoms with E-state index >= 15 is 0 Å². The first-order chi connectivity index (χ1) is 12.7. The van der Waals surface area contributed by atoms with Crippen molar-refractivity contribution in [2.24, 2.45) is 0 Å². The molecule has 27 heavy (non-hydrogen) atoms. The van der Waals surface area contributed by atoms with Crippen LogP contribution in [-0.4, -0.2) is 61.6 Å². The quantitative estimate of drug-likeness (QED) is 0.836. The molecule has 0 radical (unpaired) electrons. The number of benzene rings is 1. The number of alkyl halides is 3. The molecular formula is C18H25F3N4O2. The van der Waals surface area contributed by atoms with E-state index in [0.29, 0.717) is 13.1 Å². The SMILES string of the molecule is CN(C)C(=O)NC1CCCN(C(=O)NCCc2ccccc2C(F)(F)F)C1. The molecule has 1 unspecified atom stereocenters. The molecule has 0 aliphatic carbocycles. The number of hydrogen-bond donors (Lipinski definition) is 2. The van der Waals surface area contributed by atoms with Crippen molar-refractivity contribution in [3.05, 3.63) is 35.4 Å². The topological polar surface area (TPSA) is 64.7 Å². The molecule has 1 aromatic carbocycles. The Balaban J connectivity index is 1.85. The second kappa shape index (κ2) is 8.96. The highest BCUT2D eigenvalue weighted by Crippen LogP contribution is 2.31. The van der Waals surface area contributed by atoms with E-state index < -0.39 is 11.7 Å². The van der Waals surface area contributed by atoms with E-state index in [2.05, 4.69) is 10.6 Å². The lowest BCUT2D eigenvalue weighted by Crippen LogP contribution is -2.53. The van der Waals surface area contributed by atoms with Crippen LogP contribution in [0.1, 0.15) is 24.0 Å². The number of rotatable bonds is 4. The molecule has 1 heterocycles. The van der Waals surface area contributed by atoms with Gasteiger partial charge in [0.1, 0.15) is 0 Å². The predicted molar refractivity (Wildman–Crippen MR) is 95.4 cm³/mol. The number of urea groups is 2. The maximum atomic E-state index is 13.0. The monoisotopic (exact) mass is 386 g/mol. The highest BCUT2D eigenvalue weighted by atomic mass is 19.4. The highest BCUT2D eigenvalue weighted by Gasteiger charge is 2.32. The third kappa shape index (κ3) is 6.04. The smallest absolute Gasteiger partial charge is 0.338 e. The molecule has 0 spiro atoms. The third-order valence-corrected chi connectivity index (χ3v) is 4.44. The fraction of sp³-hybridized carbons (Fsp3) is 0.556. The molecule has 0 aromatic heterocycles. The van der Waals surface area contributed by atoms with Gasteiger partial charge in [-0.15, -0.1) is 0 Å². The van der Waals surface area contributed by atoms with Crippen LogP contribution in [0.15, 0.2) is 24.3 Å². The van der Waals surface area contributed by atoms with Crippen LogP contribution in [0, 0.1) is 0 Å². The molecule has 1 saturated heterocycles. The molecular weight excluding hydrogens is 361 g/mol. The molecule has 4 amide bonds. The Morgan fingerprint density at radius 3 is 2.63 bits per heavy atom. The van der Waals surface area contributed by atoms with E-state index in [9.17, 15) is 22.8 Å². The second-order valence-electron chi connectivity index (χ2n) is 6.77. The van der Waals surface area contributed by atoms with Crippen molar-refractivity contribution in [2.75, 3.05) is 33.7 Å². The van der Waals surface area contributed by atoms with E-state index in [1.807, 2.05) is 0 Å². The lowest BCUT2D eigenvalue weighted by molar-refractivity contribution is -0.138. The first-order valence-electron chi connectivity index (χ1n) is 8.84. The van der Waals surface area contributed by atoms with E-state index in [4.69, 9.17) is 0 Å². The number of halogens is 3. The number of likely N-dealkylation sites (tertiary alicyclic amines) is 1. The first kappa shape index (κ1) is 20.9. The largest absolute Gasteiger partial charge is 0.416 e. The van der Waals surface area contributed by atoms with Gasteiger partial charge in [-0.3, -0.25) is 0 Å². The minimum absolute atomic E-state index is 0.0933. The fourth-order valence-electron chi connectivity index (χ4n) is 3.01. The molecule has 2 rings (SSSR count). The van der Waals surface area contributed by atoms with Crippen LogP contribution in [0.5, 0.6) is 0 Å². The van der Waals surface area contributed by atoms with Crippen LogP contribution in [0.4, 0.5) is 22.8 Å². The third-order valence-electron chi connectivity index (χ3n) is 4.44. The minimum atomic E-state index is -4.41. The highest BCUT2D eigenvalue weighted by molar-refractivity contribution is 5.75. The van der Waals surface area contributed by atoms with E-state index in [-0.39, 0.29) is 36.6 Å². The van der Waals surface area contributed by atoms with Gasteiger partial charge >= 0.3 is 18.2 Å². The minimum Gasteiger partial charge on any atom is -0.338 e. The summed E-state index contributed by atoms with van der Waals surface area (Å²) >= 11 is 0. The predicted octanol–water partition coefficient (Wildman–Crippen LogP) is 2.69. The molecule has 1 aliphatic heterocycles. The summed E-state index contributed by atoms with van der Waals surface area (Å²) in [4.78, 5) is 27.0. The van der Waals surface area contributed by atoms with Gasteiger partial charge in [-0.25, -0.2) is 9.59 Å². The molecule has 1 aromatic rings. The number of carbonyl (C=O) groups is 2. The van der Waals surface area contributed by atoms with Crippen LogP contribution in [0.2, 0.25) is 0 Å². The van der Waals surface area contributed by atoms with Crippen LogP contribution in [-0.2, 0) is 12.6 Å². The first-order valence-corrected chi connectivity index (χ1v) is 8.84. The molecule has 1 atom stereocenters. The van der Waals surface area contributed by atoms with Crippen molar-refractivity contribution in [3.8, 4) is 0 Å². The lowest BCUT2D eigenvalue weighted by atomic mass is 10.0. The summed E-state index contributed by atoms with van der Waals surface area (Å²) in [5.41, 5.74) is -0.524. The Kier molecular flexibility index (Phi) is 6.92. The molecule has 9 heteroatoms. The summed E-state index contributed by atoms with van der Waals surface area (Å²) in [5.74, 6) is 0. The second-order valence-corrected chi connectivity index (χ2v) is 6.77. The molecule has 150 valence electrons. The average Bonchev–Trinajstić information content (AvgIpc) is 2.61. The van der Waals surface area contributed by atoms with Crippen molar-refractivity contribution in [2.45, 2.75) is 31.5 Å². The summed E-state index contributed by atoms with van der Waals surface area (Å²) in [7, 11) is 3.28. The Hall–Kier alpha value is -2.45. The maximum absolute atomic E-state index is 13.0. The number of amides is 4. The van der Waals surface area contributed by atoms with Gasteiger partial charge < -0.3 is 20.4 Å². The fourth-order valence-corrected chi connectivity index (χ4v) is 3.01. The van der Waals surface area contributed by atoms with E-state index in [1.54, 1.807) is 25.1 Å². The standard InChI is InChI=1S/C18H25F3N4O2/c1-24(2)17(27)23-14-7-5-11-25(12-14)16(26)22-10-9-13-6-3-4-8-15(13)18(19,20)21/h3-4,6,8,14H,5,7,9-12H2,1-2H3,(H,22,26)(H,23,27). The Labute approximate surface area is 156 Å². The van der Waals surface area contributed by atoms with Gasteiger partial charge in [0.15, 0.2) is 0 Å². The molecule has 0 saturated carbocycles. The normalized spacial score (nSPS) is 17.4. The zero-order valence-corrected chi connectivity index (χ0v) is 15.5. The number of nitrogens with zero attached hydrogens (tertiary/aromatic N) is 2. The summed E-state index contributed by atoms with van der Waals surface area (Å²) < 4.78 is 39.0. The van der Waals surface area contributed by atoms with Gasteiger partial charge in [0.2, 0.25) is 0 Å². The lowest BCUT2D eigenvalue weighted by Gasteiger charge is -2.33. The molecule has 2 N–H and O–H groups in total. The summed E-state index contributed by atoms with van der Waals surface area (Å²) in [6.07, 6.45) is -2.79. The molecule has 1 fully saturated rings. The van der Waals surface area contributed by atoms with Crippen LogP contribution < -0.4 is 10.6 Å². The van der Waals surface area contributed by atoms with Gasteiger partial charge in [0.25, 0.3) is 0 Å². The van der Waals surface area contributed by atoms with Gasteiger partial charge in [0.05, 0.1) is 5.56 Å². The Morgan fingerprint density at radius 2 is 1.96 bits per heavy atom. The summed E-state index contributed by atoms with van der Waals surface area (Å²) in [6, 6.07) is 4.68. The summed E-state index contributed by atoms with van der Waals surface area (Å²) in [5, 5.41) is 5.52. The Morgan fingerprint density at radius 1 is 1.26 bits per heavy atom. The maximum Gasteiger partial charge on any atom is 0.416 e. The van der Waals surface area contributed by atoms with Gasteiger partial charge in [-0.1, -0.05) is 18.2 Å². The zero-order chi connectivity index (χ0) is 20.0. The number of piperidine rings is 1. The molecule has 0 bridgehead atoms. The van der Waals surface area contributed by atoms with Crippen LogP contribution in [0.25, 0.3) is 0 Å². The number of carbonyl (C=O) groups excluding carboxylic acids is 2. The number of hydrogen-bond acceptors (Lipinski definition) is 2. The Bertz CT molecular complexity index is 664. The summed E-state index contributed by atoms with van der Waals surface area (Å²) in [6.45, 7) is 1.04. The van der Waals surface area contributed by atoms with Crippen molar-refractivity contribution in [3.63, 3.8) is 0 Å². The van der Waals surface area contributed by atoms with Crippen molar-refractivity contribution < 1.29 is 22.8 Å². The molecule has 1 aliphatic rings. The van der Waals surface area contributed by atoms with E-state index in [0.717, 1.165) is 18.9 Å². The average molecular weight is 386 g/mol. The van der Waals surface area contributed by atoms with E-state index in [1.165, 1.54) is 17.0 Å². The van der Waals surface area contributed by atoms with Gasteiger partial charge in [0, 0.05) is 39.8 Å². The van der Waals surface area contributed by atoms with Gasteiger partial charge in [-0.05, 0) is 30.9 Å². The molecule has 6 nitrogen and oxygen atoms in total. The van der Waals surface area contributed by atoms with Crippen LogP contribution in [0.3, 0.4) is 0 Å². The van der Waals surface area contributed by atoms with Gasteiger partial charge in [-0.2, -0.15) is 13.2 Å². The zero-order valence-electron chi connectivity index (χ0n) is 15.5. The number of nitrogens with one attached hydrogen (secondary N) is 2. The van der Waals surface area contributed by atoms with Crippen molar-refractivity contribution in [1.82, 2.24) is 20.4 Å².